The van der Waals surface area contributed by atoms with Gasteiger partial charge in [-0.3, -0.25) is 0 Å². The summed E-state index contributed by atoms with van der Waals surface area (Å²) in [6.07, 6.45) is -0.908. The van der Waals surface area contributed by atoms with E-state index in [1.54, 1.807) is 19.2 Å². The fourth-order valence-electron chi connectivity index (χ4n) is 1.87. The molecule has 0 amide bonds. The van der Waals surface area contributed by atoms with Gasteiger partial charge in [0.05, 0.1) is 7.11 Å². The van der Waals surface area contributed by atoms with E-state index in [0.29, 0.717) is 5.56 Å². The molecule has 1 unspecified atom stereocenters. The average Bonchev–Trinajstić information content (AvgIpc) is 2.36. The molecule has 2 nitrogen and oxygen atoms in total. The highest BCUT2D eigenvalue weighted by atomic mass is 35.5. The Kier molecular flexibility index (Phi) is 3.77. The lowest BCUT2D eigenvalue weighted by molar-refractivity contribution is 0.194. The summed E-state index contributed by atoms with van der Waals surface area (Å²) in [6.45, 7) is 0. The second kappa shape index (κ2) is 5.13. The smallest absolute Gasteiger partial charge is 0.137 e. The first-order valence-corrected chi connectivity index (χ1v) is 6.04. The van der Waals surface area contributed by atoms with Crippen LogP contribution in [0.15, 0.2) is 36.4 Å². The normalized spacial score (nSPS) is 13.0. The molecule has 0 saturated carbocycles. The van der Waals surface area contributed by atoms with Crippen molar-refractivity contribution in [2.75, 3.05) is 7.11 Å². The molecule has 4 heteroatoms. The molecule has 0 bridgehead atoms. The molecule has 90 valence electrons. The third kappa shape index (κ3) is 2.34. The second-order valence-corrected chi connectivity index (χ2v) is 4.85. The molecule has 2 rings (SSSR count). The summed E-state index contributed by atoms with van der Waals surface area (Å²) in [5, 5.41) is 11.8. The van der Waals surface area contributed by atoms with Crippen LogP contribution < -0.4 is 4.74 Å². The van der Waals surface area contributed by atoms with Gasteiger partial charge in [-0.2, -0.15) is 0 Å². The maximum absolute atomic E-state index is 9.95. The van der Waals surface area contributed by atoms with Crippen LogP contribution in [0.4, 0.5) is 0 Å². The first kappa shape index (κ1) is 12.5. The lowest BCUT2D eigenvalue weighted by Crippen LogP contribution is -2.06. The molecule has 0 aliphatic rings. The number of fused-ring (bicyclic) bond motifs is 1. The fraction of sp³-hybridized carbons (Fsp3) is 0.231. The molecule has 0 fully saturated rings. The van der Waals surface area contributed by atoms with E-state index in [4.69, 9.17) is 27.9 Å². The van der Waals surface area contributed by atoms with E-state index < -0.39 is 10.9 Å². The topological polar surface area (TPSA) is 29.5 Å². The molecule has 1 atom stereocenters. The van der Waals surface area contributed by atoms with Crippen molar-refractivity contribution in [1.29, 1.82) is 0 Å². The predicted octanol–water partition coefficient (Wildman–Crippen LogP) is 3.69. The maximum atomic E-state index is 9.95. The third-order valence-electron chi connectivity index (χ3n) is 2.70. The number of hydrogen-bond acceptors (Lipinski definition) is 2. The van der Waals surface area contributed by atoms with Crippen LogP contribution in [0.25, 0.3) is 10.8 Å². The summed E-state index contributed by atoms with van der Waals surface area (Å²) in [4.78, 5) is -0.855. The summed E-state index contributed by atoms with van der Waals surface area (Å²) in [5.41, 5.74) is 0.705. The lowest BCUT2D eigenvalue weighted by atomic mass is 10.0. The van der Waals surface area contributed by atoms with Crippen molar-refractivity contribution in [3.63, 3.8) is 0 Å². The van der Waals surface area contributed by atoms with Crippen LogP contribution in [-0.4, -0.2) is 17.1 Å². The number of benzene rings is 2. The Labute approximate surface area is 110 Å². The zero-order valence-electron chi connectivity index (χ0n) is 9.23. The molecule has 0 radical (unpaired) electrons. The van der Waals surface area contributed by atoms with E-state index in [2.05, 4.69) is 0 Å². The van der Waals surface area contributed by atoms with Crippen LogP contribution >= 0.6 is 23.2 Å². The van der Waals surface area contributed by atoms with E-state index >= 15 is 0 Å². The zero-order valence-corrected chi connectivity index (χ0v) is 10.7. The third-order valence-corrected chi connectivity index (χ3v) is 3.17. The van der Waals surface area contributed by atoms with Gasteiger partial charge in [0.2, 0.25) is 0 Å². The van der Waals surface area contributed by atoms with Gasteiger partial charge < -0.3 is 9.84 Å². The number of methoxy groups -OCH3 is 1. The van der Waals surface area contributed by atoms with Crippen molar-refractivity contribution in [3.05, 3.63) is 42.0 Å². The monoisotopic (exact) mass is 270 g/mol. The van der Waals surface area contributed by atoms with Crippen molar-refractivity contribution < 1.29 is 9.84 Å². The SMILES string of the molecule is COc1ccc(C(O)C(Cl)Cl)c2ccccc12. The molecule has 0 aliphatic carbocycles. The quantitative estimate of drug-likeness (QED) is 0.863. The molecular weight excluding hydrogens is 259 g/mol. The molecule has 2 aromatic rings. The van der Waals surface area contributed by atoms with E-state index in [-0.39, 0.29) is 0 Å². The minimum absolute atomic E-state index is 0.705. The van der Waals surface area contributed by atoms with Gasteiger partial charge in [-0.15, -0.1) is 23.2 Å². The molecule has 0 heterocycles. The van der Waals surface area contributed by atoms with Gasteiger partial charge in [-0.1, -0.05) is 30.3 Å². The number of hydrogen-bond donors (Lipinski definition) is 1. The van der Waals surface area contributed by atoms with Crippen LogP contribution in [0, 0.1) is 0 Å². The van der Waals surface area contributed by atoms with Crippen molar-refractivity contribution in [2.24, 2.45) is 0 Å². The van der Waals surface area contributed by atoms with Gasteiger partial charge in [0.1, 0.15) is 16.7 Å². The Hall–Kier alpha value is -0.960. The van der Waals surface area contributed by atoms with Crippen LogP contribution in [0.2, 0.25) is 0 Å². The van der Waals surface area contributed by atoms with Crippen LogP contribution in [0.5, 0.6) is 5.75 Å². The molecule has 0 saturated heterocycles. The Morgan fingerprint density at radius 2 is 1.71 bits per heavy atom. The van der Waals surface area contributed by atoms with Gasteiger partial charge in [0.15, 0.2) is 0 Å². The largest absolute Gasteiger partial charge is 0.496 e. The number of alkyl halides is 2. The van der Waals surface area contributed by atoms with Crippen molar-refractivity contribution in [3.8, 4) is 5.75 Å². The van der Waals surface area contributed by atoms with E-state index in [1.165, 1.54) is 0 Å². The highest BCUT2D eigenvalue weighted by Gasteiger charge is 2.19. The number of aliphatic hydroxyl groups excluding tert-OH is 1. The van der Waals surface area contributed by atoms with Gasteiger partial charge in [-0.05, 0) is 17.0 Å². The van der Waals surface area contributed by atoms with Crippen LogP contribution in [-0.2, 0) is 0 Å². The van der Waals surface area contributed by atoms with Crippen molar-refractivity contribution in [2.45, 2.75) is 10.9 Å². The first-order chi connectivity index (χ1) is 8.15. The first-order valence-electron chi connectivity index (χ1n) is 5.17. The molecule has 17 heavy (non-hydrogen) atoms. The van der Waals surface area contributed by atoms with Crippen molar-refractivity contribution >= 4 is 34.0 Å². The summed E-state index contributed by atoms with van der Waals surface area (Å²) in [6, 6.07) is 11.2. The number of ether oxygens (including phenoxy) is 1. The summed E-state index contributed by atoms with van der Waals surface area (Å²) in [5.74, 6) is 0.761. The Bertz CT molecular complexity index is 526. The average molecular weight is 271 g/mol. The minimum atomic E-state index is -0.908. The number of halogens is 2. The summed E-state index contributed by atoms with van der Waals surface area (Å²) < 4.78 is 5.28. The molecule has 1 N–H and O–H groups in total. The highest BCUT2D eigenvalue weighted by Crippen LogP contribution is 2.34. The molecule has 2 aromatic carbocycles. The second-order valence-electron chi connectivity index (χ2n) is 3.68. The van der Waals surface area contributed by atoms with Crippen LogP contribution in [0.3, 0.4) is 0 Å². The lowest BCUT2D eigenvalue weighted by Gasteiger charge is -2.16. The molecular formula is C13H12Cl2O2. The molecule has 0 aromatic heterocycles. The Balaban J connectivity index is 2.66. The number of aliphatic hydroxyl groups is 1. The standard InChI is InChI=1S/C13H12Cl2O2/c1-17-11-7-6-10(12(16)13(14)15)8-4-2-3-5-9(8)11/h2-7,12-13,16H,1H3. The summed E-state index contributed by atoms with van der Waals surface area (Å²) >= 11 is 11.4. The van der Waals surface area contributed by atoms with Crippen LogP contribution in [0.1, 0.15) is 11.7 Å². The predicted molar refractivity (Wildman–Crippen MR) is 71.0 cm³/mol. The van der Waals surface area contributed by atoms with E-state index in [9.17, 15) is 5.11 Å². The van der Waals surface area contributed by atoms with Gasteiger partial charge in [0, 0.05) is 5.39 Å². The Morgan fingerprint density at radius 3 is 2.29 bits per heavy atom. The van der Waals surface area contributed by atoms with Gasteiger partial charge >= 0.3 is 0 Å². The molecule has 0 spiro atoms. The molecule has 0 aliphatic heterocycles. The zero-order chi connectivity index (χ0) is 12.4. The van der Waals surface area contributed by atoms with Crippen molar-refractivity contribution in [1.82, 2.24) is 0 Å². The maximum Gasteiger partial charge on any atom is 0.137 e. The fourth-order valence-corrected chi connectivity index (χ4v) is 2.14. The van der Waals surface area contributed by atoms with Gasteiger partial charge in [0.25, 0.3) is 0 Å². The number of rotatable bonds is 3. The van der Waals surface area contributed by atoms with E-state index in [0.717, 1.165) is 16.5 Å². The van der Waals surface area contributed by atoms with Gasteiger partial charge in [-0.25, -0.2) is 0 Å². The summed E-state index contributed by atoms with van der Waals surface area (Å²) in [7, 11) is 1.61. The highest BCUT2D eigenvalue weighted by molar-refractivity contribution is 6.44. The Morgan fingerprint density at radius 1 is 1.06 bits per heavy atom. The van der Waals surface area contributed by atoms with E-state index in [1.807, 2.05) is 24.3 Å². The minimum Gasteiger partial charge on any atom is -0.496 e.